The summed E-state index contributed by atoms with van der Waals surface area (Å²) < 4.78 is 91.0. The lowest BCUT2D eigenvalue weighted by Gasteiger charge is -2.19. The molecular formula is C21H19ClF5N5O5S. The van der Waals surface area contributed by atoms with Gasteiger partial charge in [-0.25, -0.2) is 18.6 Å². The summed E-state index contributed by atoms with van der Waals surface area (Å²) in [5.41, 5.74) is -1.06. The molecule has 1 aromatic heterocycles. The number of carboxylic acids is 1. The highest BCUT2D eigenvalue weighted by Gasteiger charge is 2.38. The Kier molecular flexibility index (Phi) is 8.48. The molecule has 38 heavy (non-hydrogen) atoms. The molecule has 206 valence electrons. The first-order valence-corrected chi connectivity index (χ1v) is 12.4. The molecule has 0 aliphatic carbocycles. The van der Waals surface area contributed by atoms with Crippen LogP contribution in [0.3, 0.4) is 0 Å². The second-order valence-electron chi connectivity index (χ2n) is 7.91. The van der Waals surface area contributed by atoms with Crippen LogP contribution < -0.4 is 15.6 Å². The van der Waals surface area contributed by atoms with Crippen LogP contribution in [0.25, 0.3) is 10.9 Å². The Bertz CT molecular complexity index is 1540. The average Bonchev–Trinajstić information content (AvgIpc) is 3.38. The minimum atomic E-state index is -5.08. The molecule has 2 heterocycles. The molecule has 0 atom stereocenters. The molecular weight excluding hydrogens is 565 g/mol. The van der Waals surface area contributed by atoms with Crippen LogP contribution in [0.1, 0.15) is 12.8 Å². The van der Waals surface area contributed by atoms with Crippen molar-refractivity contribution in [2.75, 3.05) is 23.1 Å². The lowest BCUT2D eigenvalue weighted by Crippen LogP contribution is -2.33. The number of nitrogens with zero attached hydrogens (tertiary/aromatic N) is 3. The van der Waals surface area contributed by atoms with Crippen LogP contribution in [0.4, 0.5) is 39.0 Å². The highest BCUT2D eigenvalue weighted by molar-refractivity contribution is 7.90. The second kappa shape index (κ2) is 11.1. The van der Waals surface area contributed by atoms with E-state index in [1.54, 1.807) is 0 Å². The number of aromatic nitrogens is 2. The molecule has 0 saturated carbocycles. The van der Waals surface area contributed by atoms with Gasteiger partial charge in [0, 0.05) is 20.1 Å². The Hall–Kier alpha value is -3.50. The number of halogens is 6. The van der Waals surface area contributed by atoms with Gasteiger partial charge in [-0.2, -0.15) is 25.9 Å². The third kappa shape index (κ3) is 6.31. The molecule has 4 rings (SSSR count). The van der Waals surface area contributed by atoms with Gasteiger partial charge in [0.25, 0.3) is 5.56 Å². The Morgan fingerprint density at radius 1 is 1.11 bits per heavy atom. The molecule has 1 aliphatic heterocycles. The smallest absolute Gasteiger partial charge is 0.475 e. The van der Waals surface area contributed by atoms with Crippen LogP contribution in [-0.4, -0.2) is 52.6 Å². The molecule has 2 aromatic carbocycles. The number of fused-ring (bicyclic) bond motifs is 1. The third-order valence-corrected chi connectivity index (χ3v) is 7.18. The standard InChI is InChI=1S/C19H18ClF2N5O3S.C2HF3O2/c1-26-10-23-12-6-7-14(17(22)15(12)19(26)28)24-18-11(21)4-5-13(16(18)20)25-31(29,30)27-8-2-3-9-27;3-2(4,5)1(6)7/h4-7,10,24-25H,2-3,8-9H2,1H3;(H,6,7). The van der Waals surface area contributed by atoms with Crippen LogP contribution in [0.2, 0.25) is 5.02 Å². The van der Waals surface area contributed by atoms with E-state index in [0.717, 1.165) is 23.5 Å². The van der Waals surface area contributed by atoms with Gasteiger partial charge in [0.15, 0.2) is 5.82 Å². The van der Waals surface area contributed by atoms with Crippen molar-refractivity contribution in [3.05, 3.63) is 57.6 Å². The largest absolute Gasteiger partial charge is 0.490 e. The van der Waals surface area contributed by atoms with Crippen molar-refractivity contribution in [1.29, 1.82) is 0 Å². The monoisotopic (exact) mass is 583 g/mol. The maximum atomic E-state index is 15.0. The second-order valence-corrected chi connectivity index (χ2v) is 9.96. The van der Waals surface area contributed by atoms with Crippen LogP contribution >= 0.6 is 11.6 Å². The van der Waals surface area contributed by atoms with Crippen molar-refractivity contribution in [3.63, 3.8) is 0 Å². The predicted molar refractivity (Wildman–Crippen MR) is 129 cm³/mol. The molecule has 1 aliphatic rings. The number of aliphatic carboxylic acids is 1. The van der Waals surface area contributed by atoms with Gasteiger partial charge >= 0.3 is 22.4 Å². The fourth-order valence-corrected chi connectivity index (χ4v) is 4.98. The van der Waals surface area contributed by atoms with Gasteiger partial charge in [-0.15, -0.1) is 0 Å². The molecule has 0 amide bonds. The van der Waals surface area contributed by atoms with Crippen LogP contribution in [0.15, 0.2) is 35.4 Å². The number of nitrogens with one attached hydrogen (secondary N) is 2. The molecule has 3 N–H and O–H groups in total. The Morgan fingerprint density at radius 3 is 2.26 bits per heavy atom. The van der Waals surface area contributed by atoms with Crippen LogP contribution in [0, 0.1) is 11.6 Å². The Morgan fingerprint density at radius 2 is 1.68 bits per heavy atom. The number of carbonyl (C=O) groups is 1. The summed E-state index contributed by atoms with van der Waals surface area (Å²) in [5.74, 6) is -4.51. The van der Waals surface area contributed by atoms with Crippen molar-refractivity contribution in [2.45, 2.75) is 19.0 Å². The van der Waals surface area contributed by atoms with Gasteiger partial charge < -0.3 is 15.0 Å². The van der Waals surface area contributed by atoms with Crippen molar-refractivity contribution in [1.82, 2.24) is 13.9 Å². The molecule has 0 spiro atoms. The number of carboxylic acid groups (broad SMARTS) is 1. The van der Waals surface area contributed by atoms with Gasteiger partial charge in [-0.05, 0) is 37.1 Å². The van der Waals surface area contributed by atoms with E-state index < -0.39 is 39.5 Å². The van der Waals surface area contributed by atoms with E-state index in [-0.39, 0.29) is 33.0 Å². The third-order valence-electron chi connectivity index (χ3n) is 5.26. The van der Waals surface area contributed by atoms with Crippen LogP contribution in [-0.2, 0) is 22.1 Å². The van der Waals surface area contributed by atoms with Crippen molar-refractivity contribution in [2.24, 2.45) is 7.05 Å². The van der Waals surface area contributed by atoms with E-state index in [1.165, 1.54) is 35.9 Å². The SMILES string of the molecule is Cn1cnc2ccc(Nc3c(F)ccc(NS(=O)(=O)N4CCCC4)c3Cl)c(F)c2c1=O.O=C(O)C(F)(F)F. The maximum Gasteiger partial charge on any atom is 0.490 e. The van der Waals surface area contributed by atoms with E-state index in [1.807, 2.05) is 0 Å². The summed E-state index contributed by atoms with van der Waals surface area (Å²) in [6, 6.07) is 4.90. The summed E-state index contributed by atoms with van der Waals surface area (Å²) in [6.07, 6.45) is -2.31. The first kappa shape index (κ1) is 29.1. The molecule has 0 radical (unpaired) electrons. The lowest BCUT2D eigenvalue weighted by molar-refractivity contribution is -0.192. The predicted octanol–water partition coefficient (Wildman–Crippen LogP) is 3.99. The number of hydrogen-bond acceptors (Lipinski definition) is 6. The topological polar surface area (TPSA) is 134 Å². The first-order valence-electron chi connectivity index (χ1n) is 10.6. The van der Waals surface area contributed by atoms with E-state index in [2.05, 4.69) is 15.0 Å². The zero-order valence-electron chi connectivity index (χ0n) is 19.3. The average molecular weight is 584 g/mol. The van der Waals surface area contributed by atoms with Gasteiger partial charge in [-0.1, -0.05) is 11.6 Å². The number of alkyl halides is 3. The highest BCUT2D eigenvalue weighted by atomic mass is 35.5. The molecule has 1 saturated heterocycles. The van der Waals surface area contributed by atoms with E-state index in [9.17, 15) is 30.8 Å². The Labute approximate surface area is 216 Å². The van der Waals surface area contributed by atoms with Crippen molar-refractivity contribution < 1.29 is 40.3 Å². The fourth-order valence-electron chi connectivity index (χ4n) is 3.36. The fraction of sp³-hybridized carbons (Fsp3) is 0.286. The zero-order chi connectivity index (χ0) is 28.4. The quantitative estimate of drug-likeness (QED) is 0.387. The molecule has 0 bridgehead atoms. The van der Waals surface area contributed by atoms with Crippen molar-refractivity contribution >= 4 is 55.7 Å². The summed E-state index contributed by atoms with van der Waals surface area (Å²) in [6.45, 7) is 0.759. The minimum Gasteiger partial charge on any atom is -0.475 e. The first-order chi connectivity index (χ1) is 17.6. The van der Waals surface area contributed by atoms with Gasteiger partial charge in [0.05, 0.1) is 33.9 Å². The molecule has 0 unspecified atom stereocenters. The van der Waals surface area contributed by atoms with Gasteiger partial charge in [0.1, 0.15) is 11.2 Å². The summed E-state index contributed by atoms with van der Waals surface area (Å²) >= 11 is 6.26. The van der Waals surface area contributed by atoms with E-state index in [4.69, 9.17) is 21.5 Å². The Balaban J connectivity index is 0.000000505. The molecule has 10 nitrogen and oxygen atoms in total. The highest BCUT2D eigenvalue weighted by Crippen LogP contribution is 2.36. The minimum absolute atomic E-state index is 0.0590. The van der Waals surface area contributed by atoms with Crippen molar-refractivity contribution in [3.8, 4) is 0 Å². The molecule has 1 fully saturated rings. The number of benzene rings is 2. The summed E-state index contributed by atoms with van der Waals surface area (Å²) in [5, 5.41) is 9.12. The number of anilines is 3. The molecule has 3 aromatic rings. The summed E-state index contributed by atoms with van der Waals surface area (Å²) in [4.78, 5) is 25.2. The van der Waals surface area contributed by atoms with Gasteiger partial charge in [-0.3, -0.25) is 9.52 Å². The molecule has 17 heteroatoms. The van der Waals surface area contributed by atoms with E-state index in [0.29, 0.717) is 13.1 Å². The number of hydrogen-bond donors (Lipinski definition) is 3. The van der Waals surface area contributed by atoms with Crippen LogP contribution in [0.5, 0.6) is 0 Å². The number of rotatable bonds is 5. The van der Waals surface area contributed by atoms with E-state index >= 15 is 4.39 Å². The maximum absolute atomic E-state index is 15.0. The summed E-state index contributed by atoms with van der Waals surface area (Å²) in [7, 11) is -2.43. The normalized spacial score (nSPS) is 14.2. The van der Waals surface area contributed by atoms with Gasteiger partial charge in [0.2, 0.25) is 0 Å². The zero-order valence-corrected chi connectivity index (χ0v) is 20.9. The lowest BCUT2D eigenvalue weighted by atomic mass is 10.2. The number of aryl methyl sites for hydroxylation is 1.